The van der Waals surface area contributed by atoms with E-state index >= 15 is 0 Å². The first-order chi connectivity index (χ1) is 16.2. The van der Waals surface area contributed by atoms with Crippen LogP contribution < -0.4 is 4.74 Å². The summed E-state index contributed by atoms with van der Waals surface area (Å²) in [5.74, 6) is -8.56. The molecule has 34 heavy (non-hydrogen) atoms. The molecule has 5 nitrogen and oxygen atoms in total. The zero-order valence-electron chi connectivity index (χ0n) is 17.6. The second-order valence-electron chi connectivity index (χ2n) is 7.62. The molecular weight excluding hydrogens is 483 g/mol. The summed E-state index contributed by atoms with van der Waals surface area (Å²) < 4.78 is 78.2. The molecular formula is C23H18ClF5N2O3. The molecule has 0 aliphatic carbocycles. The lowest BCUT2D eigenvalue weighted by atomic mass is 10.2. The molecule has 11 heteroatoms. The Hall–Kier alpha value is -3.11. The SMILES string of the molecule is O=C(c1ccc(COc2c(F)c(F)cc(F)c2F)o1)N1CCN(Cc2c(F)cccc2Cl)CC1. The number of hydrogen-bond donors (Lipinski definition) is 0. The molecule has 0 atom stereocenters. The van der Waals surface area contributed by atoms with Crippen molar-refractivity contribution in [3.05, 3.63) is 87.6 Å². The fourth-order valence-corrected chi connectivity index (χ4v) is 3.79. The monoisotopic (exact) mass is 500 g/mol. The van der Waals surface area contributed by atoms with E-state index in [2.05, 4.69) is 0 Å². The fraction of sp³-hybridized carbons (Fsp3) is 0.261. The summed E-state index contributed by atoms with van der Waals surface area (Å²) in [6.07, 6.45) is 0. The summed E-state index contributed by atoms with van der Waals surface area (Å²) in [5, 5.41) is 0.338. The van der Waals surface area contributed by atoms with Crippen molar-refractivity contribution in [1.82, 2.24) is 9.80 Å². The highest BCUT2D eigenvalue weighted by Gasteiger charge is 2.26. The molecule has 0 unspecified atom stereocenters. The van der Waals surface area contributed by atoms with E-state index < -0.39 is 47.3 Å². The van der Waals surface area contributed by atoms with Crippen LogP contribution in [0.15, 0.2) is 40.8 Å². The van der Waals surface area contributed by atoms with Crippen LogP contribution in [0.2, 0.25) is 5.02 Å². The predicted octanol–water partition coefficient (Wildman–Crippen LogP) is 5.17. The Morgan fingerprint density at radius 1 is 0.941 bits per heavy atom. The van der Waals surface area contributed by atoms with E-state index in [4.69, 9.17) is 20.8 Å². The number of carbonyl (C=O) groups is 1. The Labute approximate surface area is 196 Å². The van der Waals surface area contributed by atoms with Crippen LogP contribution in [0.1, 0.15) is 21.9 Å². The van der Waals surface area contributed by atoms with E-state index in [0.29, 0.717) is 43.3 Å². The molecule has 1 amide bonds. The average Bonchev–Trinajstić information content (AvgIpc) is 3.29. The number of ether oxygens (including phenoxy) is 1. The number of halogens is 6. The normalized spacial score (nSPS) is 14.5. The van der Waals surface area contributed by atoms with Crippen LogP contribution in [0, 0.1) is 29.1 Å². The molecule has 2 aromatic carbocycles. The Morgan fingerprint density at radius 3 is 2.26 bits per heavy atom. The molecule has 0 saturated carbocycles. The zero-order chi connectivity index (χ0) is 24.4. The van der Waals surface area contributed by atoms with Crippen molar-refractivity contribution in [2.45, 2.75) is 13.2 Å². The van der Waals surface area contributed by atoms with Crippen LogP contribution in [0.3, 0.4) is 0 Å². The second-order valence-corrected chi connectivity index (χ2v) is 8.03. The Balaban J connectivity index is 1.34. The van der Waals surface area contributed by atoms with Gasteiger partial charge in [0.05, 0.1) is 0 Å². The van der Waals surface area contributed by atoms with Crippen LogP contribution in [0.25, 0.3) is 0 Å². The number of hydrogen-bond acceptors (Lipinski definition) is 4. The minimum atomic E-state index is -1.67. The number of rotatable bonds is 6. The Kier molecular flexibility index (Phi) is 7.08. The Morgan fingerprint density at radius 2 is 1.62 bits per heavy atom. The standard InChI is InChI=1S/C23H18ClF5N2O3/c24-15-2-1-3-16(25)14(15)11-30-6-8-31(9-7-30)23(32)19-5-4-13(34-19)12-33-22-20(28)17(26)10-18(27)21(22)29/h1-5,10H,6-9,11-12H2. The van der Waals surface area contributed by atoms with Crippen LogP contribution in [-0.2, 0) is 13.2 Å². The van der Waals surface area contributed by atoms with E-state index in [1.54, 1.807) is 11.0 Å². The molecule has 1 aromatic heterocycles. The van der Waals surface area contributed by atoms with E-state index in [-0.39, 0.29) is 17.6 Å². The number of carbonyl (C=O) groups excluding carboxylic acids is 1. The maximum Gasteiger partial charge on any atom is 0.289 e. The molecule has 1 aliphatic heterocycles. The largest absolute Gasteiger partial charge is 0.479 e. The summed E-state index contributed by atoms with van der Waals surface area (Å²) in [5.41, 5.74) is 0.394. The maximum absolute atomic E-state index is 14.0. The average molecular weight is 501 g/mol. The van der Waals surface area contributed by atoms with Crippen LogP contribution in [0.5, 0.6) is 5.75 Å². The van der Waals surface area contributed by atoms with Gasteiger partial charge in [-0.25, -0.2) is 13.2 Å². The lowest BCUT2D eigenvalue weighted by Gasteiger charge is -2.34. The summed E-state index contributed by atoms with van der Waals surface area (Å²) in [6.45, 7) is 1.44. The van der Waals surface area contributed by atoms with Gasteiger partial charge in [0, 0.05) is 49.4 Å². The van der Waals surface area contributed by atoms with Crippen molar-refractivity contribution < 1.29 is 35.9 Å². The van der Waals surface area contributed by atoms with Crippen LogP contribution in [-0.4, -0.2) is 41.9 Å². The van der Waals surface area contributed by atoms with Gasteiger partial charge < -0.3 is 14.1 Å². The van der Waals surface area contributed by atoms with Crippen molar-refractivity contribution >= 4 is 17.5 Å². The molecule has 1 saturated heterocycles. The molecule has 1 aliphatic rings. The van der Waals surface area contributed by atoms with E-state index in [9.17, 15) is 26.7 Å². The number of furan rings is 1. The van der Waals surface area contributed by atoms with E-state index in [1.165, 1.54) is 24.3 Å². The first kappa shape index (κ1) is 24.0. The van der Waals surface area contributed by atoms with Crippen molar-refractivity contribution in [2.75, 3.05) is 26.2 Å². The highest BCUT2D eigenvalue weighted by Crippen LogP contribution is 2.27. The minimum absolute atomic E-state index is 0.0275. The highest BCUT2D eigenvalue weighted by atomic mass is 35.5. The molecule has 0 N–H and O–H groups in total. The molecule has 4 rings (SSSR count). The van der Waals surface area contributed by atoms with Gasteiger partial charge in [-0.3, -0.25) is 9.69 Å². The van der Waals surface area contributed by atoms with Gasteiger partial charge in [0.1, 0.15) is 18.2 Å². The predicted molar refractivity (Wildman–Crippen MR) is 112 cm³/mol. The molecule has 2 heterocycles. The van der Waals surface area contributed by atoms with Gasteiger partial charge in [-0.1, -0.05) is 17.7 Å². The van der Waals surface area contributed by atoms with Gasteiger partial charge in [0.25, 0.3) is 5.91 Å². The van der Waals surface area contributed by atoms with Crippen molar-refractivity contribution in [3.8, 4) is 5.75 Å². The molecule has 0 spiro atoms. The topological polar surface area (TPSA) is 45.9 Å². The van der Waals surface area contributed by atoms with Gasteiger partial charge in [0.2, 0.25) is 11.6 Å². The van der Waals surface area contributed by atoms with Crippen molar-refractivity contribution in [3.63, 3.8) is 0 Å². The Bertz CT molecular complexity index is 1170. The second kappa shape index (κ2) is 10.0. The third-order valence-electron chi connectivity index (χ3n) is 5.41. The summed E-state index contributed by atoms with van der Waals surface area (Å²) in [7, 11) is 0. The maximum atomic E-state index is 14.0. The first-order valence-corrected chi connectivity index (χ1v) is 10.6. The molecule has 0 radical (unpaired) electrons. The van der Waals surface area contributed by atoms with E-state index in [1.807, 2.05) is 4.90 Å². The van der Waals surface area contributed by atoms with Gasteiger partial charge in [-0.2, -0.15) is 8.78 Å². The third-order valence-corrected chi connectivity index (χ3v) is 5.76. The van der Waals surface area contributed by atoms with Crippen LogP contribution in [0.4, 0.5) is 22.0 Å². The number of piperazine rings is 1. The highest BCUT2D eigenvalue weighted by molar-refractivity contribution is 6.31. The number of benzene rings is 2. The fourth-order valence-electron chi connectivity index (χ4n) is 3.56. The molecule has 3 aromatic rings. The molecule has 180 valence electrons. The lowest BCUT2D eigenvalue weighted by Crippen LogP contribution is -2.48. The lowest BCUT2D eigenvalue weighted by molar-refractivity contribution is 0.0592. The zero-order valence-corrected chi connectivity index (χ0v) is 18.3. The summed E-state index contributed by atoms with van der Waals surface area (Å²) >= 11 is 6.08. The van der Waals surface area contributed by atoms with Gasteiger partial charge in [-0.05, 0) is 24.3 Å². The van der Waals surface area contributed by atoms with Gasteiger partial charge in [-0.15, -0.1) is 0 Å². The van der Waals surface area contributed by atoms with Crippen molar-refractivity contribution in [2.24, 2.45) is 0 Å². The smallest absolute Gasteiger partial charge is 0.289 e. The first-order valence-electron chi connectivity index (χ1n) is 10.2. The van der Waals surface area contributed by atoms with Crippen molar-refractivity contribution in [1.29, 1.82) is 0 Å². The number of amides is 1. The molecule has 0 bridgehead atoms. The van der Waals surface area contributed by atoms with E-state index in [0.717, 1.165) is 0 Å². The van der Waals surface area contributed by atoms with Crippen LogP contribution >= 0.6 is 11.6 Å². The number of nitrogens with zero attached hydrogens (tertiary/aromatic N) is 2. The van der Waals surface area contributed by atoms with Gasteiger partial charge in [0.15, 0.2) is 23.1 Å². The minimum Gasteiger partial charge on any atom is -0.479 e. The quantitative estimate of drug-likeness (QED) is 0.346. The third kappa shape index (κ3) is 5.02. The summed E-state index contributed by atoms with van der Waals surface area (Å²) in [6, 6.07) is 7.29. The molecule has 1 fully saturated rings. The van der Waals surface area contributed by atoms with Gasteiger partial charge >= 0.3 is 0 Å². The summed E-state index contributed by atoms with van der Waals surface area (Å²) in [4.78, 5) is 16.2.